The van der Waals surface area contributed by atoms with E-state index in [1.807, 2.05) is 24.3 Å². The first-order chi connectivity index (χ1) is 18.2. The fraction of sp³-hybridized carbons (Fsp3) is 0.241. The highest BCUT2D eigenvalue weighted by molar-refractivity contribution is 5.98. The van der Waals surface area contributed by atoms with Crippen molar-refractivity contribution in [2.45, 2.75) is 24.0 Å². The van der Waals surface area contributed by atoms with Crippen molar-refractivity contribution in [3.05, 3.63) is 88.7 Å². The van der Waals surface area contributed by atoms with Crippen LogP contribution in [0.15, 0.2) is 60.7 Å². The number of aromatic nitrogens is 2. The molecule has 7 rings (SSSR count). The lowest BCUT2D eigenvalue weighted by Gasteiger charge is -2.38. The van der Waals surface area contributed by atoms with Crippen molar-refractivity contribution in [3.63, 3.8) is 0 Å². The lowest BCUT2D eigenvalue weighted by atomic mass is 9.88. The minimum absolute atomic E-state index is 0.313. The summed E-state index contributed by atoms with van der Waals surface area (Å²) in [5.74, 6) is 2.73. The third kappa shape index (κ3) is 2.74. The first-order valence-electron chi connectivity index (χ1n) is 13.1. The van der Waals surface area contributed by atoms with Crippen LogP contribution in [0.1, 0.15) is 55.5 Å². The van der Waals surface area contributed by atoms with Crippen LogP contribution in [0.4, 0.5) is 0 Å². The SMILES string of the molecule is [2H]C([2H])([2H])N1C(=O)c2cccc(C#C)c2[C@H]2C[C@@H]1c1nc3ccc(-c4ccc(C5(N)COC5)cc4)cc3n12. The maximum atomic E-state index is 13.6. The molecule has 2 bridgehead atoms. The van der Waals surface area contributed by atoms with Crippen molar-refractivity contribution in [1.82, 2.24) is 14.5 Å². The van der Waals surface area contributed by atoms with E-state index in [0.29, 0.717) is 42.1 Å². The maximum Gasteiger partial charge on any atom is 0.254 e. The summed E-state index contributed by atoms with van der Waals surface area (Å²) in [4.78, 5) is 19.4. The van der Waals surface area contributed by atoms with Gasteiger partial charge in [-0.05, 0) is 41.0 Å². The zero-order valence-corrected chi connectivity index (χ0v) is 18.9. The van der Waals surface area contributed by atoms with E-state index in [2.05, 4.69) is 28.7 Å². The van der Waals surface area contributed by atoms with Gasteiger partial charge in [-0.15, -0.1) is 6.42 Å². The molecule has 0 unspecified atom stereocenters. The fourth-order valence-corrected chi connectivity index (χ4v) is 5.74. The molecule has 0 spiro atoms. The second kappa shape index (κ2) is 7.05. The van der Waals surface area contributed by atoms with Gasteiger partial charge in [0.15, 0.2) is 0 Å². The van der Waals surface area contributed by atoms with Crippen LogP contribution in [0, 0.1) is 12.3 Å². The van der Waals surface area contributed by atoms with Crippen LogP contribution in [0.2, 0.25) is 0 Å². The summed E-state index contributed by atoms with van der Waals surface area (Å²) in [7, 11) is 0. The lowest BCUT2D eigenvalue weighted by molar-refractivity contribution is -0.0569. The van der Waals surface area contributed by atoms with Crippen molar-refractivity contribution in [2.24, 2.45) is 5.73 Å². The van der Waals surface area contributed by atoms with Crippen molar-refractivity contribution in [2.75, 3.05) is 20.2 Å². The molecule has 0 saturated carbocycles. The number of amides is 1. The molecule has 3 aliphatic rings. The Balaban J connectivity index is 1.41. The highest BCUT2D eigenvalue weighted by Gasteiger charge is 2.44. The Morgan fingerprint density at radius 3 is 2.66 bits per heavy atom. The van der Waals surface area contributed by atoms with E-state index in [1.165, 1.54) is 0 Å². The quantitative estimate of drug-likeness (QED) is 0.456. The summed E-state index contributed by atoms with van der Waals surface area (Å²) in [5, 5.41) is 0. The van der Waals surface area contributed by atoms with E-state index in [1.54, 1.807) is 18.2 Å². The molecule has 1 fully saturated rings. The number of carbonyl (C=O) groups is 1. The Morgan fingerprint density at radius 2 is 1.94 bits per heavy atom. The summed E-state index contributed by atoms with van der Waals surface area (Å²) in [6.07, 6.45) is 6.26. The number of nitrogens with two attached hydrogens (primary N) is 1. The second-order valence-corrected chi connectivity index (χ2v) is 9.62. The highest BCUT2D eigenvalue weighted by atomic mass is 16.5. The molecule has 2 N–H and O–H groups in total. The molecular weight excluding hydrogens is 436 g/mol. The number of nitrogens with zero attached hydrogens (tertiary/aromatic N) is 3. The van der Waals surface area contributed by atoms with Gasteiger partial charge in [-0.25, -0.2) is 4.98 Å². The van der Waals surface area contributed by atoms with Gasteiger partial charge in [0, 0.05) is 34.2 Å². The van der Waals surface area contributed by atoms with Gasteiger partial charge in [0.1, 0.15) is 5.82 Å². The van der Waals surface area contributed by atoms with Gasteiger partial charge < -0.3 is 19.9 Å². The average molecular weight is 464 g/mol. The molecule has 172 valence electrons. The van der Waals surface area contributed by atoms with Crippen LogP contribution in [-0.4, -0.2) is 40.5 Å². The average Bonchev–Trinajstić information content (AvgIpc) is 3.39. The van der Waals surface area contributed by atoms with Crippen molar-refractivity contribution in [1.29, 1.82) is 0 Å². The van der Waals surface area contributed by atoms with Gasteiger partial charge >= 0.3 is 0 Å². The van der Waals surface area contributed by atoms with Crippen molar-refractivity contribution >= 4 is 16.9 Å². The second-order valence-electron chi connectivity index (χ2n) is 9.62. The predicted molar refractivity (Wildman–Crippen MR) is 134 cm³/mol. The molecule has 1 amide bonds. The van der Waals surface area contributed by atoms with Crippen LogP contribution in [0.5, 0.6) is 0 Å². The van der Waals surface area contributed by atoms with E-state index in [-0.39, 0.29) is 6.04 Å². The van der Waals surface area contributed by atoms with E-state index >= 15 is 0 Å². The number of rotatable bonds is 2. The van der Waals surface area contributed by atoms with Gasteiger partial charge in [-0.1, -0.05) is 42.3 Å². The van der Waals surface area contributed by atoms with Gasteiger partial charge in [-0.2, -0.15) is 0 Å². The zero-order chi connectivity index (χ0) is 26.4. The molecule has 1 saturated heterocycles. The number of carbonyl (C=O) groups excluding carboxylic acids is 1. The normalized spacial score (nSPS) is 23.4. The number of hydrogen-bond acceptors (Lipinski definition) is 4. The van der Waals surface area contributed by atoms with Crippen molar-refractivity contribution < 1.29 is 13.6 Å². The van der Waals surface area contributed by atoms with Crippen LogP contribution >= 0.6 is 0 Å². The summed E-state index contributed by atoms with van der Waals surface area (Å²) < 4.78 is 32.0. The van der Waals surface area contributed by atoms with Crippen LogP contribution in [0.25, 0.3) is 22.2 Å². The number of benzene rings is 3. The number of fused-ring (bicyclic) bond motifs is 9. The minimum atomic E-state index is -2.63. The Bertz CT molecular complexity index is 1680. The molecule has 6 heteroatoms. The van der Waals surface area contributed by atoms with E-state index in [9.17, 15) is 4.79 Å². The topological polar surface area (TPSA) is 73.4 Å². The van der Waals surface area contributed by atoms with Gasteiger partial charge in [0.2, 0.25) is 0 Å². The molecule has 0 radical (unpaired) electrons. The van der Waals surface area contributed by atoms with Gasteiger partial charge in [0.25, 0.3) is 5.91 Å². The van der Waals surface area contributed by atoms with Crippen molar-refractivity contribution in [3.8, 4) is 23.5 Å². The van der Waals surface area contributed by atoms with E-state index in [0.717, 1.165) is 32.6 Å². The summed E-state index contributed by atoms with van der Waals surface area (Å²) in [5.41, 5.74) is 12.2. The molecule has 3 aliphatic heterocycles. The molecule has 3 aromatic carbocycles. The molecule has 35 heavy (non-hydrogen) atoms. The Hall–Kier alpha value is -3.92. The third-order valence-corrected chi connectivity index (χ3v) is 7.64. The smallest absolute Gasteiger partial charge is 0.254 e. The maximum absolute atomic E-state index is 13.6. The molecule has 1 aromatic heterocycles. The summed E-state index contributed by atoms with van der Waals surface area (Å²) in [6, 6.07) is 18.4. The van der Waals surface area contributed by atoms with Crippen LogP contribution in [0.3, 0.4) is 0 Å². The minimum Gasteiger partial charge on any atom is -0.377 e. The monoisotopic (exact) mass is 463 g/mol. The number of imidazole rings is 1. The molecule has 2 atom stereocenters. The molecule has 6 nitrogen and oxygen atoms in total. The standard InChI is InChI=1S/C29H24N4O2/c1-3-17-5-4-6-21-26(17)24-14-25(32(2)28(21)34)27-31-22-12-9-19(13-23(22)33(24)27)18-7-10-20(11-8-18)29(30)15-35-16-29/h1,4-13,24-25H,14-16,30H2,2H3/t24-,25-/m1/s1/i2D3. The molecule has 4 aromatic rings. The Morgan fingerprint density at radius 1 is 1.14 bits per heavy atom. The Labute approximate surface area is 207 Å². The first-order valence-corrected chi connectivity index (χ1v) is 11.6. The molecular formula is C29H24N4O2. The van der Waals surface area contributed by atoms with Crippen LogP contribution in [-0.2, 0) is 10.3 Å². The molecule has 4 heterocycles. The summed E-state index contributed by atoms with van der Waals surface area (Å²) in [6.45, 7) is -1.61. The first kappa shape index (κ1) is 17.5. The van der Waals surface area contributed by atoms with E-state index < -0.39 is 24.5 Å². The van der Waals surface area contributed by atoms with E-state index in [4.69, 9.17) is 26.0 Å². The Kier molecular flexibility index (Phi) is 3.52. The number of hydrogen-bond donors (Lipinski definition) is 1. The largest absolute Gasteiger partial charge is 0.377 e. The third-order valence-electron chi connectivity index (χ3n) is 7.64. The molecule has 0 aliphatic carbocycles. The predicted octanol–water partition coefficient (Wildman–Crippen LogP) is 3.99. The number of ether oxygens (including phenoxy) is 1. The summed E-state index contributed by atoms with van der Waals surface area (Å²) >= 11 is 0. The zero-order valence-electron chi connectivity index (χ0n) is 21.9. The van der Waals surface area contributed by atoms with Crippen LogP contribution < -0.4 is 5.73 Å². The van der Waals surface area contributed by atoms with Gasteiger partial charge in [-0.3, -0.25) is 4.79 Å². The lowest BCUT2D eigenvalue weighted by Crippen LogP contribution is -2.54. The number of terminal acetylenes is 1. The fourth-order valence-electron chi connectivity index (χ4n) is 5.74. The van der Waals surface area contributed by atoms with Gasteiger partial charge in [0.05, 0.1) is 41.9 Å². The highest BCUT2D eigenvalue weighted by Crippen LogP contribution is 2.48.